The van der Waals surface area contributed by atoms with Crippen molar-refractivity contribution in [3.63, 3.8) is 0 Å². The first kappa shape index (κ1) is 18.0. The average molecular weight is 322 g/mol. The Morgan fingerprint density at radius 3 is 1.96 bits per heavy atom. The van der Waals surface area contributed by atoms with Crippen molar-refractivity contribution in [2.45, 2.75) is 60.5 Å². The lowest BCUT2D eigenvalue weighted by atomic mass is 9.61. The van der Waals surface area contributed by atoms with Crippen LogP contribution in [-0.2, 0) is 14.3 Å². The third kappa shape index (κ3) is 3.78. The molecule has 0 heterocycles. The zero-order valence-electron chi connectivity index (χ0n) is 15.1. The van der Waals surface area contributed by atoms with Gasteiger partial charge in [0.2, 0.25) is 0 Å². The molecule has 4 atom stereocenters. The molecule has 1 fully saturated rings. The Labute approximate surface area is 139 Å². The van der Waals surface area contributed by atoms with Crippen LogP contribution in [0.2, 0.25) is 0 Å². The lowest BCUT2D eigenvalue weighted by molar-refractivity contribution is -0.172. The minimum Gasteiger partial charge on any atom is -0.481 e. The highest BCUT2D eigenvalue weighted by molar-refractivity contribution is 5.94. The molecule has 130 valence electrons. The number of hydrogen-bond donors (Lipinski definition) is 1. The van der Waals surface area contributed by atoms with Gasteiger partial charge in [0.25, 0.3) is 0 Å². The molecule has 4 heteroatoms. The van der Waals surface area contributed by atoms with Crippen LogP contribution in [-0.4, -0.2) is 23.1 Å². The van der Waals surface area contributed by atoms with E-state index in [-0.39, 0.29) is 28.8 Å². The molecule has 0 aromatic carbocycles. The topological polar surface area (TPSA) is 63.6 Å². The van der Waals surface area contributed by atoms with Crippen LogP contribution in [0.1, 0.15) is 54.4 Å². The number of rotatable bonds is 4. The summed E-state index contributed by atoms with van der Waals surface area (Å²) in [7, 11) is 0. The Balaban J connectivity index is 2.21. The molecule has 0 aliphatic heterocycles. The van der Waals surface area contributed by atoms with E-state index in [9.17, 15) is 14.7 Å². The first-order chi connectivity index (χ1) is 10.4. The van der Waals surface area contributed by atoms with E-state index in [0.29, 0.717) is 5.92 Å². The van der Waals surface area contributed by atoms with Crippen molar-refractivity contribution in [3.8, 4) is 0 Å². The Kier molecular flexibility index (Phi) is 4.67. The predicted octanol–water partition coefficient (Wildman–Crippen LogP) is 3.90. The molecule has 23 heavy (non-hydrogen) atoms. The summed E-state index contributed by atoms with van der Waals surface area (Å²) < 4.78 is 5.67. The summed E-state index contributed by atoms with van der Waals surface area (Å²) >= 11 is 0. The van der Waals surface area contributed by atoms with Gasteiger partial charge in [-0.2, -0.15) is 0 Å². The van der Waals surface area contributed by atoms with Crippen LogP contribution in [0.5, 0.6) is 0 Å². The molecule has 2 rings (SSSR count). The van der Waals surface area contributed by atoms with Gasteiger partial charge in [-0.25, -0.2) is 0 Å². The lowest BCUT2D eigenvalue weighted by Crippen LogP contribution is -2.46. The molecule has 0 saturated heterocycles. The summed E-state index contributed by atoms with van der Waals surface area (Å²) in [5, 5.41) is 9.73. The maximum absolute atomic E-state index is 12.7. The second kappa shape index (κ2) is 5.95. The number of carbonyl (C=O) groups is 2. The van der Waals surface area contributed by atoms with Gasteiger partial charge in [0.1, 0.15) is 6.10 Å². The number of carboxylic acids is 1. The van der Waals surface area contributed by atoms with Gasteiger partial charge in [-0.15, -0.1) is 0 Å². The van der Waals surface area contributed by atoms with E-state index in [0.717, 1.165) is 12.8 Å². The lowest BCUT2D eigenvalue weighted by Gasteiger charge is -2.43. The molecule has 1 N–H and O–H groups in total. The molecule has 0 spiro atoms. The van der Waals surface area contributed by atoms with Gasteiger partial charge in [-0.1, -0.05) is 53.7 Å². The highest BCUT2D eigenvalue weighted by Crippen LogP contribution is 2.46. The van der Waals surface area contributed by atoms with Crippen molar-refractivity contribution in [1.29, 1.82) is 0 Å². The second-order valence-corrected chi connectivity index (χ2v) is 9.28. The fraction of sp³-hybridized carbons (Fsp3) is 0.789. The van der Waals surface area contributed by atoms with Crippen LogP contribution >= 0.6 is 0 Å². The van der Waals surface area contributed by atoms with Crippen LogP contribution in [0.4, 0.5) is 0 Å². The zero-order valence-corrected chi connectivity index (χ0v) is 15.1. The molecule has 2 bridgehead atoms. The number of allylic oxidation sites excluding steroid dienone is 1. The Morgan fingerprint density at radius 2 is 1.61 bits per heavy atom. The minimum atomic E-state index is -1.13. The van der Waals surface area contributed by atoms with E-state index in [1.807, 2.05) is 41.5 Å². The molecular formula is C19H30O4. The van der Waals surface area contributed by atoms with E-state index in [1.165, 1.54) is 0 Å². The number of carbonyl (C=O) groups excluding carboxylic acids is 1. The van der Waals surface area contributed by atoms with Gasteiger partial charge >= 0.3 is 11.9 Å². The van der Waals surface area contributed by atoms with Crippen LogP contribution in [0, 0.1) is 34.5 Å². The van der Waals surface area contributed by atoms with Gasteiger partial charge < -0.3 is 9.84 Å². The Hall–Kier alpha value is -1.32. The Morgan fingerprint density at radius 1 is 1.04 bits per heavy atom. The molecule has 0 aromatic rings. The van der Waals surface area contributed by atoms with Crippen LogP contribution in [0.25, 0.3) is 0 Å². The second-order valence-electron chi connectivity index (χ2n) is 9.28. The standard InChI is InChI=1S/C19H30O4/c1-18(2,3)15(19(4,5)6)14(16(20)21)17(22)23-13-10-11-7-8-12(13)9-11/h7-8,11-15H,9-10H2,1-6H3,(H,20,21). The number of esters is 1. The highest BCUT2D eigenvalue weighted by Gasteiger charge is 2.49. The van der Waals surface area contributed by atoms with Crippen molar-refractivity contribution >= 4 is 11.9 Å². The molecular weight excluding hydrogens is 292 g/mol. The monoisotopic (exact) mass is 322 g/mol. The number of carboxylic acid groups (broad SMARTS) is 1. The summed E-state index contributed by atoms with van der Waals surface area (Å²) in [5.41, 5.74) is -0.621. The molecule has 4 unspecified atom stereocenters. The summed E-state index contributed by atoms with van der Waals surface area (Å²) in [5.74, 6) is -2.34. The third-order valence-corrected chi connectivity index (χ3v) is 5.20. The smallest absolute Gasteiger partial charge is 0.320 e. The van der Waals surface area contributed by atoms with E-state index >= 15 is 0 Å². The van der Waals surface area contributed by atoms with E-state index < -0.39 is 17.9 Å². The van der Waals surface area contributed by atoms with Crippen molar-refractivity contribution in [3.05, 3.63) is 12.2 Å². The summed E-state index contributed by atoms with van der Waals surface area (Å²) in [6.45, 7) is 12.0. The number of fused-ring (bicyclic) bond motifs is 2. The first-order valence-corrected chi connectivity index (χ1v) is 8.53. The summed E-state index contributed by atoms with van der Waals surface area (Å²) in [6, 6.07) is 0. The molecule has 0 aromatic heterocycles. The number of ether oxygens (including phenoxy) is 1. The average Bonchev–Trinajstić information content (AvgIpc) is 2.93. The van der Waals surface area contributed by atoms with Gasteiger partial charge in [0.05, 0.1) is 0 Å². The van der Waals surface area contributed by atoms with E-state index in [1.54, 1.807) is 0 Å². The van der Waals surface area contributed by atoms with Crippen molar-refractivity contribution < 1.29 is 19.4 Å². The van der Waals surface area contributed by atoms with E-state index in [4.69, 9.17) is 4.74 Å². The summed E-state index contributed by atoms with van der Waals surface area (Å²) in [6.07, 6.45) is 5.98. The van der Waals surface area contributed by atoms with Crippen LogP contribution in [0.3, 0.4) is 0 Å². The van der Waals surface area contributed by atoms with Gasteiger partial charge in [-0.3, -0.25) is 9.59 Å². The van der Waals surface area contributed by atoms with Crippen molar-refractivity contribution in [2.24, 2.45) is 34.5 Å². The van der Waals surface area contributed by atoms with Gasteiger partial charge in [-0.05, 0) is 35.5 Å². The highest BCUT2D eigenvalue weighted by atomic mass is 16.5. The normalized spacial score (nSPS) is 28.2. The fourth-order valence-electron chi connectivity index (χ4n) is 4.77. The summed E-state index contributed by atoms with van der Waals surface area (Å²) in [4.78, 5) is 24.6. The number of hydrogen-bond acceptors (Lipinski definition) is 3. The maximum atomic E-state index is 12.7. The quantitative estimate of drug-likeness (QED) is 0.484. The first-order valence-electron chi connectivity index (χ1n) is 8.53. The fourth-order valence-corrected chi connectivity index (χ4v) is 4.77. The maximum Gasteiger partial charge on any atom is 0.320 e. The minimum absolute atomic E-state index is 0.153. The van der Waals surface area contributed by atoms with Crippen LogP contribution < -0.4 is 0 Å². The molecule has 2 aliphatic rings. The van der Waals surface area contributed by atoms with E-state index in [2.05, 4.69) is 12.2 Å². The molecule has 0 radical (unpaired) electrons. The molecule has 2 aliphatic carbocycles. The molecule has 4 nitrogen and oxygen atoms in total. The SMILES string of the molecule is CC(C)(C)C(C(C(=O)O)C(=O)OC1CC2C=CC1C2)C(C)(C)C. The van der Waals surface area contributed by atoms with Crippen molar-refractivity contribution in [1.82, 2.24) is 0 Å². The molecule has 0 amide bonds. The van der Waals surface area contributed by atoms with Gasteiger partial charge in [0, 0.05) is 5.92 Å². The number of aliphatic carboxylic acids is 1. The third-order valence-electron chi connectivity index (χ3n) is 5.20. The predicted molar refractivity (Wildman–Crippen MR) is 88.8 cm³/mol. The van der Waals surface area contributed by atoms with Gasteiger partial charge in [0.15, 0.2) is 5.92 Å². The zero-order chi connectivity index (χ0) is 17.6. The Bertz CT molecular complexity index is 492. The largest absolute Gasteiger partial charge is 0.481 e. The van der Waals surface area contributed by atoms with Crippen LogP contribution in [0.15, 0.2) is 12.2 Å². The molecule has 1 saturated carbocycles. The van der Waals surface area contributed by atoms with Crippen molar-refractivity contribution in [2.75, 3.05) is 0 Å².